The summed E-state index contributed by atoms with van der Waals surface area (Å²) in [4.78, 5) is 0. The molecule has 0 heterocycles. The van der Waals surface area contributed by atoms with E-state index in [1.54, 1.807) is 0 Å². The minimum absolute atomic E-state index is 0.0994. The van der Waals surface area contributed by atoms with Crippen molar-refractivity contribution in [1.29, 1.82) is 0 Å². The molecule has 0 bridgehead atoms. The smallest absolute Gasteiger partial charge is 0.139 e. The first kappa shape index (κ1) is 15.4. The Kier molecular flexibility index (Phi) is 5.23. The van der Waals surface area contributed by atoms with E-state index < -0.39 is 0 Å². The van der Waals surface area contributed by atoms with Crippen LogP contribution >= 0.6 is 0 Å². The first-order valence-electron chi connectivity index (χ1n) is 7.32. The topological polar surface area (TPSA) is 44.5 Å². The molecule has 0 aromatic heterocycles. The van der Waals surface area contributed by atoms with Gasteiger partial charge >= 0.3 is 0 Å². The lowest BCUT2D eigenvalue weighted by molar-refractivity contribution is 0.179. The Labute approximate surface area is 126 Å². The molecule has 2 rings (SSSR count). The van der Waals surface area contributed by atoms with Crippen LogP contribution in [-0.2, 0) is 0 Å². The van der Waals surface area contributed by atoms with Crippen LogP contribution in [0.15, 0.2) is 48.5 Å². The molecule has 2 aromatic carbocycles. The zero-order valence-corrected chi connectivity index (χ0v) is 12.9. The monoisotopic (exact) mass is 285 g/mol. The summed E-state index contributed by atoms with van der Waals surface area (Å²) in [7, 11) is 0. The van der Waals surface area contributed by atoms with Gasteiger partial charge in [0.2, 0.25) is 0 Å². The molecular formula is C18H23NO2. The molecule has 0 aliphatic heterocycles. The Bertz CT molecular complexity index is 564. The second-order valence-electron chi connectivity index (χ2n) is 5.16. The lowest BCUT2D eigenvalue weighted by atomic mass is 9.99. The van der Waals surface area contributed by atoms with Crippen molar-refractivity contribution in [2.75, 3.05) is 6.61 Å². The van der Waals surface area contributed by atoms with Gasteiger partial charge < -0.3 is 15.2 Å². The summed E-state index contributed by atoms with van der Waals surface area (Å²) in [6.07, 6.45) is -0.163. The molecule has 0 saturated carbocycles. The third kappa shape index (κ3) is 3.99. The van der Waals surface area contributed by atoms with E-state index in [-0.39, 0.29) is 12.1 Å². The van der Waals surface area contributed by atoms with Crippen molar-refractivity contribution in [3.63, 3.8) is 0 Å². The first-order valence-corrected chi connectivity index (χ1v) is 7.32. The highest BCUT2D eigenvalue weighted by Gasteiger charge is 2.19. The minimum Gasteiger partial charge on any atom is -0.494 e. The van der Waals surface area contributed by atoms with E-state index in [1.807, 2.05) is 50.2 Å². The maximum absolute atomic E-state index is 6.11. The average Bonchev–Trinajstić information content (AvgIpc) is 2.47. The van der Waals surface area contributed by atoms with Gasteiger partial charge in [-0.1, -0.05) is 24.3 Å². The second kappa shape index (κ2) is 7.14. The van der Waals surface area contributed by atoms with Gasteiger partial charge in [0.05, 0.1) is 6.61 Å². The van der Waals surface area contributed by atoms with Gasteiger partial charge in [-0.3, -0.25) is 0 Å². The van der Waals surface area contributed by atoms with E-state index in [1.165, 1.54) is 5.56 Å². The van der Waals surface area contributed by atoms with Crippen LogP contribution in [0.25, 0.3) is 0 Å². The molecule has 0 spiro atoms. The number of benzene rings is 2. The normalized spacial score (nSPS) is 13.5. The van der Waals surface area contributed by atoms with Crippen molar-refractivity contribution in [2.45, 2.75) is 32.9 Å². The van der Waals surface area contributed by atoms with Crippen LogP contribution in [0.1, 0.15) is 31.1 Å². The van der Waals surface area contributed by atoms with Crippen molar-refractivity contribution >= 4 is 0 Å². The summed E-state index contributed by atoms with van der Waals surface area (Å²) in [5.41, 5.74) is 8.43. The highest BCUT2D eigenvalue weighted by molar-refractivity contribution is 5.34. The summed E-state index contributed by atoms with van der Waals surface area (Å²) in [6, 6.07) is 15.7. The largest absolute Gasteiger partial charge is 0.494 e. The molecular weight excluding hydrogens is 262 g/mol. The second-order valence-corrected chi connectivity index (χ2v) is 5.16. The first-order chi connectivity index (χ1) is 10.1. The van der Waals surface area contributed by atoms with Crippen LogP contribution in [0.3, 0.4) is 0 Å². The maximum atomic E-state index is 6.11. The average molecular weight is 285 g/mol. The molecule has 2 aromatic rings. The number of rotatable bonds is 6. The number of hydrogen-bond donors (Lipinski definition) is 1. The molecule has 2 unspecified atom stereocenters. The number of aryl methyl sites for hydroxylation is 1. The van der Waals surface area contributed by atoms with Gasteiger partial charge in [0.1, 0.15) is 17.6 Å². The minimum atomic E-state index is -0.163. The SMILES string of the molecule is CCOc1ccc(OC(c2ccccc2C)C(C)N)cc1. The molecule has 0 aliphatic rings. The molecule has 2 atom stereocenters. The predicted molar refractivity (Wildman–Crippen MR) is 85.8 cm³/mol. The third-order valence-electron chi connectivity index (χ3n) is 3.37. The van der Waals surface area contributed by atoms with Gasteiger partial charge in [-0.25, -0.2) is 0 Å². The molecule has 0 saturated heterocycles. The number of hydrogen-bond acceptors (Lipinski definition) is 3. The van der Waals surface area contributed by atoms with Crippen molar-refractivity contribution in [3.05, 3.63) is 59.7 Å². The van der Waals surface area contributed by atoms with Crippen LogP contribution in [0.4, 0.5) is 0 Å². The van der Waals surface area contributed by atoms with E-state index in [4.69, 9.17) is 15.2 Å². The molecule has 112 valence electrons. The summed E-state index contributed by atoms with van der Waals surface area (Å²) in [5.74, 6) is 1.64. The molecule has 0 radical (unpaired) electrons. The Hall–Kier alpha value is -2.00. The Balaban J connectivity index is 2.19. The van der Waals surface area contributed by atoms with E-state index >= 15 is 0 Å². The van der Waals surface area contributed by atoms with E-state index in [9.17, 15) is 0 Å². The lowest BCUT2D eigenvalue weighted by Crippen LogP contribution is -2.29. The van der Waals surface area contributed by atoms with E-state index in [2.05, 4.69) is 19.1 Å². The predicted octanol–water partition coefficient (Wildman–Crippen LogP) is 3.86. The summed E-state index contributed by atoms with van der Waals surface area (Å²) >= 11 is 0. The molecule has 2 N–H and O–H groups in total. The molecule has 0 amide bonds. The number of nitrogens with two attached hydrogens (primary N) is 1. The Morgan fingerprint density at radius 3 is 2.19 bits per heavy atom. The fourth-order valence-corrected chi connectivity index (χ4v) is 2.29. The van der Waals surface area contributed by atoms with Gasteiger partial charge in [-0.15, -0.1) is 0 Å². The van der Waals surface area contributed by atoms with Crippen molar-refractivity contribution in [3.8, 4) is 11.5 Å². The summed E-state index contributed by atoms with van der Waals surface area (Å²) in [5, 5.41) is 0. The Morgan fingerprint density at radius 1 is 1.00 bits per heavy atom. The molecule has 3 nitrogen and oxygen atoms in total. The Morgan fingerprint density at radius 2 is 1.62 bits per heavy atom. The van der Waals surface area contributed by atoms with Crippen LogP contribution < -0.4 is 15.2 Å². The summed E-state index contributed by atoms with van der Waals surface area (Å²) in [6.45, 7) is 6.67. The van der Waals surface area contributed by atoms with Crippen LogP contribution in [0.2, 0.25) is 0 Å². The van der Waals surface area contributed by atoms with Crippen molar-refractivity contribution in [1.82, 2.24) is 0 Å². The van der Waals surface area contributed by atoms with Crippen LogP contribution in [-0.4, -0.2) is 12.6 Å². The van der Waals surface area contributed by atoms with Crippen LogP contribution in [0.5, 0.6) is 11.5 Å². The molecule has 0 aliphatic carbocycles. The fourth-order valence-electron chi connectivity index (χ4n) is 2.29. The molecule has 21 heavy (non-hydrogen) atoms. The van der Waals surface area contributed by atoms with E-state index in [0.717, 1.165) is 17.1 Å². The van der Waals surface area contributed by atoms with Crippen molar-refractivity contribution < 1.29 is 9.47 Å². The van der Waals surface area contributed by atoms with Gasteiger partial charge in [0.25, 0.3) is 0 Å². The lowest BCUT2D eigenvalue weighted by Gasteiger charge is -2.24. The quantitative estimate of drug-likeness (QED) is 0.876. The van der Waals surface area contributed by atoms with Gasteiger partial charge in [0, 0.05) is 6.04 Å². The highest BCUT2D eigenvalue weighted by atomic mass is 16.5. The van der Waals surface area contributed by atoms with Gasteiger partial charge in [-0.2, -0.15) is 0 Å². The summed E-state index contributed by atoms with van der Waals surface area (Å²) < 4.78 is 11.5. The van der Waals surface area contributed by atoms with Gasteiger partial charge in [0.15, 0.2) is 0 Å². The number of ether oxygens (including phenoxy) is 2. The molecule has 3 heteroatoms. The van der Waals surface area contributed by atoms with Gasteiger partial charge in [-0.05, 0) is 56.2 Å². The maximum Gasteiger partial charge on any atom is 0.139 e. The van der Waals surface area contributed by atoms with Crippen molar-refractivity contribution in [2.24, 2.45) is 5.73 Å². The standard InChI is InChI=1S/C18H23NO2/c1-4-20-15-9-11-16(12-10-15)21-18(14(3)19)17-8-6-5-7-13(17)2/h5-12,14,18H,4,19H2,1-3H3. The molecule has 0 fully saturated rings. The highest BCUT2D eigenvalue weighted by Crippen LogP contribution is 2.27. The zero-order valence-electron chi connectivity index (χ0n) is 12.9. The van der Waals surface area contributed by atoms with Crippen LogP contribution in [0, 0.1) is 6.92 Å². The zero-order chi connectivity index (χ0) is 15.2. The fraction of sp³-hybridized carbons (Fsp3) is 0.333. The van der Waals surface area contributed by atoms with E-state index in [0.29, 0.717) is 6.61 Å². The third-order valence-corrected chi connectivity index (χ3v) is 3.37.